The van der Waals surface area contributed by atoms with Crippen molar-refractivity contribution in [1.29, 1.82) is 0 Å². The van der Waals surface area contributed by atoms with E-state index >= 15 is 0 Å². The Hall–Kier alpha value is -1.88. The molecule has 0 fully saturated rings. The van der Waals surface area contributed by atoms with Crippen molar-refractivity contribution in [2.45, 2.75) is 17.9 Å². The zero-order valence-corrected chi connectivity index (χ0v) is 11.7. The molecule has 0 radical (unpaired) electrons. The fraction of sp³-hybridized carbons (Fsp3) is 0.214. The monoisotopic (exact) mass is 276 g/mol. The van der Waals surface area contributed by atoms with Gasteiger partial charge in [0.2, 0.25) is 0 Å². The standard InChI is InChI=1S/C14H16N2O2S/c1-11(16-13-4-3-9-15-10-13)12-5-7-14(8-6-12)19(2,17)18/h3-11,16H,1-2H3. The van der Waals surface area contributed by atoms with E-state index in [2.05, 4.69) is 10.3 Å². The predicted molar refractivity (Wildman–Crippen MR) is 75.8 cm³/mol. The second-order valence-corrected chi connectivity index (χ2v) is 6.46. The maximum absolute atomic E-state index is 11.4. The van der Waals surface area contributed by atoms with Crippen LogP contribution in [0.1, 0.15) is 18.5 Å². The quantitative estimate of drug-likeness (QED) is 0.932. The maximum atomic E-state index is 11.4. The van der Waals surface area contributed by atoms with E-state index < -0.39 is 9.84 Å². The maximum Gasteiger partial charge on any atom is 0.175 e. The van der Waals surface area contributed by atoms with Crippen LogP contribution in [0.25, 0.3) is 0 Å². The fourth-order valence-electron chi connectivity index (χ4n) is 1.79. The van der Waals surface area contributed by atoms with Crippen molar-refractivity contribution in [2.75, 3.05) is 11.6 Å². The molecule has 2 rings (SSSR count). The second-order valence-electron chi connectivity index (χ2n) is 4.45. The number of aromatic nitrogens is 1. The first-order valence-electron chi connectivity index (χ1n) is 5.93. The molecular weight excluding hydrogens is 260 g/mol. The summed E-state index contributed by atoms with van der Waals surface area (Å²) in [7, 11) is -3.13. The van der Waals surface area contributed by atoms with Crippen molar-refractivity contribution in [1.82, 2.24) is 4.98 Å². The highest BCUT2D eigenvalue weighted by Crippen LogP contribution is 2.20. The molecule has 4 nitrogen and oxygen atoms in total. The minimum Gasteiger partial charge on any atom is -0.377 e. The van der Waals surface area contributed by atoms with Crippen molar-refractivity contribution in [2.24, 2.45) is 0 Å². The van der Waals surface area contributed by atoms with Gasteiger partial charge in [-0.2, -0.15) is 0 Å². The van der Waals surface area contributed by atoms with Gasteiger partial charge in [-0.3, -0.25) is 4.98 Å². The molecule has 5 heteroatoms. The molecular formula is C14H16N2O2S. The Labute approximate surface area is 113 Å². The number of hydrogen-bond donors (Lipinski definition) is 1. The minimum atomic E-state index is -3.13. The summed E-state index contributed by atoms with van der Waals surface area (Å²) in [6, 6.07) is 10.8. The van der Waals surface area contributed by atoms with Gasteiger partial charge in [-0.1, -0.05) is 12.1 Å². The van der Waals surface area contributed by atoms with Gasteiger partial charge in [-0.15, -0.1) is 0 Å². The molecule has 0 spiro atoms. The summed E-state index contributed by atoms with van der Waals surface area (Å²) in [6.07, 6.45) is 4.68. The van der Waals surface area contributed by atoms with Gasteiger partial charge < -0.3 is 5.32 Å². The zero-order chi connectivity index (χ0) is 13.9. The summed E-state index contributed by atoms with van der Waals surface area (Å²) in [4.78, 5) is 4.37. The summed E-state index contributed by atoms with van der Waals surface area (Å²) in [5.74, 6) is 0. The van der Waals surface area contributed by atoms with E-state index in [1.165, 1.54) is 6.26 Å². The van der Waals surface area contributed by atoms with Crippen LogP contribution in [0.15, 0.2) is 53.7 Å². The first-order chi connectivity index (χ1) is 8.97. The fourth-order valence-corrected chi connectivity index (χ4v) is 2.42. The SMILES string of the molecule is CC(Nc1cccnc1)c1ccc(S(C)(=O)=O)cc1. The zero-order valence-electron chi connectivity index (χ0n) is 10.9. The average molecular weight is 276 g/mol. The molecule has 1 aromatic carbocycles. The van der Waals surface area contributed by atoms with Gasteiger partial charge in [0.25, 0.3) is 0 Å². The van der Waals surface area contributed by atoms with Crippen LogP contribution in [0.2, 0.25) is 0 Å². The van der Waals surface area contributed by atoms with Gasteiger partial charge in [-0.25, -0.2) is 8.42 Å². The van der Waals surface area contributed by atoms with Gasteiger partial charge >= 0.3 is 0 Å². The highest BCUT2D eigenvalue weighted by Gasteiger charge is 2.09. The second kappa shape index (κ2) is 5.40. The molecule has 100 valence electrons. The Morgan fingerprint density at radius 3 is 2.37 bits per heavy atom. The van der Waals surface area contributed by atoms with Crippen LogP contribution in [-0.2, 0) is 9.84 Å². The molecule has 19 heavy (non-hydrogen) atoms. The van der Waals surface area contributed by atoms with Crippen molar-refractivity contribution in [3.8, 4) is 0 Å². The summed E-state index contributed by atoms with van der Waals surface area (Å²) in [5.41, 5.74) is 1.96. The van der Waals surface area contributed by atoms with Crippen LogP contribution >= 0.6 is 0 Å². The van der Waals surface area contributed by atoms with Crippen LogP contribution in [0.3, 0.4) is 0 Å². The van der Waals surface area contributed by atoms with Crippen LogP contribution in [0.4, 0.5) is 5.69 Å². The summed E-state index contributed by atoms with van der Waals surface area (Å²) in [5, 5.41) is 3.30. The van der Waals surface area contributed by atoms with Crippen LogP contribution < -0.4 is 5.32 Å². The molecule has 0 saturated carbocycles. The Morgan fingerprint density at radius 1 is 1.16 bits per heavy atom. The van der Waals surface area contributed by atoms with E-state index in [0.717, 1.165) is 11.3 Å². The molecule has 1 atom stereocenters. The van der Waals surface area contributed by atoms with Crippen molar-refractivity contribution in [3.63, 3.8) is 0 Å². The van der Waals surface area contributed by atoms with Crippen LogP contribution in [0.5, 0.6) is 0 Å². The van der Waals surface area contributed by atoms with Crippen molar-refractivity contribution >= 4 is 15.5 Å². The Kier molecular flexibility index (Phi) is 3.85. The van der Waals surface area contributed by atoms with E-state index in [1.807, 2.05) is 31.2 Å². The first kappa shape index (κ1) is 13.5. The molecule has 0 aliphatic carbocycles. The van der Waals surface area contributed by atoms with Gasteiger partial charge in [0.15, 0.2) is 9.84 Å². The number of nitrogens with one attached hydrogen (secondary N) is 1. The van der Waals surface area contributed by atoms with E-state index in [-0.39, 0.29) is 6.04 Å². The number of anilines is 1. The average Bonchev–Trinajstić information content (AvgIpc) is 2.39. The number of pyridine rings is 1. The van der Waals surface area contributed by atoms with Crippen LogP contribution in [-0.4, -0.2) is 19.7 Å². The highest BCUT2D eigenvalue weighted by molar-refractivity contribution is 7.90. The molecule has 1 N–H and O–H groups in total. The molecule has 0 aliphatic rings. The van der Waals surface area contributed by atoms with E-state index in [1.54, 1.807) is 24.5 Å². The molecule has 1 unspecified atom stereocenters. The topological polar surface area (TPSA) is 59.1 Å². The van der Waals surface area contributed by atoms with E-state index in [9.17, 15) is 8.42 Å². The third kappa shape index (κ3) is 3.54. The molecule has 0 aliphatic heterocycles. The molecule has 2 aromatic rings. The van der Waals surface area contributed by atoms with E-state index in [4.69, 9.17) is 0 Å². The first-order valence-corrected chi connectivity index (χ1v) is 7.82. The minimum absolute atomic E-state index is 0.0813. The summed E-state index contributed by atoms with van der Waals surface area (Å²) in [6.45, 7) is 2.02. The largest absolute Gasteiger partial charge is 0.377 e. The molecule has 1 heterocycles. The van der Waals surface area contributed by atoms with Crippen molar-refractivity contribution < 1.29 is 8.42 Å². The molecule has 0 amide bonds. The summed E-state index contributed by atoms with van der Waals surface area (Å²) < 4.78 is 22.8. The van der Waals surface area contributed by atoms with Crippen LogP contribution in [0, 0.1) is 0 Å². The lowest BCUT2D eigenvalue weighted by atomic mass is 10.1. The van der Waals surface area contributed by atoms with Gasteiger partial charge in [0.1, 0.15) is 0 Å². The normalized spacial score (nSPS) is 12.9. The highest BCUT2D eigenvalue weighted by atomic mass is 32.2. The Balaban J connectivity index is 2.14. The number of rotatable bonds is 4. The van der Waals surface area contributed by atoms with Gasteiger partial charge in [0, 0.05) is 24.7 Å². The molecule has 0 bridgehead atoms. The van der Waals surface area contributed by atoms with E-state index in [0.29, 0.717) is 4.90 Å². The van der Waals surface area contributed by atoms with Gasteiger partial charge in [0.05, 0.1) is 10.6 Å². The lowest BCUT2D eigenvalue weighted by Crippen LogP contribution is -2.07. The smallest absolute Gasteiger partial charge is 0.175 e. The molecule has 1 aromatic heterocycles. The number of benzene rings is 1. The Morgan fingerprint density at radius 2 is 1.84 bits per heavy atom. The number of hydrogen-bond acceptors (Lipinski definition) is 4. The third-order valence-corrected chi connectivity index (χ3v) is 3.98. The van der Waals surface area contributed by atoms with Gasteiger partial charge in [-0.05, 0) is 36.8 Å². The summed E-state index contributed by atoms with van der Waals surface area (Å²) >= 11 is 0. The molecule has 0 saturated heterocycles. The van der Waals surface area contributed by atoms with Crippen molar-refractivity contribution in [3.05, 3.63) is 54.4 Å². The lowest BCUT2D eigenvalue weighted by molar-refractivity contribution is 0.602. The number of nitrogens with zero attached hydrogens (tertiary/aromatic N) is 1. The lowest BCUT2D eigenvalue weighted by Gasteiger charge is -2.15. The third-order valence-electron chi connectivity index (χ3n) is 2.85. The number of sulfone groups is 1. The Bertz CT molecular complexity index is 637. The predicted octanol–water partition coefficient (Wildman–Crippen LogP) is 2.66.